The van der Waals surface area contributed by atoms with Gasteiger partial charge in [-0.3, -0.25) is 0 Å². The van der Waals surface area contributed by atoms with Crippen LogP contribution < -0.4 is 0 Å². The summed E-state index contributed by atoms with van der Waals surface area (Å²) in [4.78, 5) is 0. The summed E-state index contributed by atoms with van der Waals surface area (Å²) >= 11 is 6.35. The fourth-order valence-corrected chi connectivity index (χ4v) is 1.96. The van der Waals surface area contributed by atoms with E-state index >= 15 is 0 Å². The zero-order valence-corrected chi connectivity index (χ0v) is 15.1. The van der Waals surface area contributed by atoms with Crippen molar-refractivity contribution in [3.8, 4) is 0 Å². The number of rotatable bonds is 5. The van der Waals surface area contributed by atoms with E-state index in [0.29, 0.717) is 17.8 Å². The summed E-state index contributed by atoms with van der Waals surface area (Å²) < 4.78 is 0.254. The van der Waals surface area contributed by atoms with Gasteiger partial charge in [-0.25, -0.2) is 0 Å². The third kappa shape index (κ3) is 3.87. The summed E-state index contributed by atoms with van der Waals surface area (Å²) in [5.41, 5.74) is 0.660. The van der Waals surface area contributed by atoms with Crippen molar-refractivity contribution in [3.63, 3.8) is 0 Å². The van der Waals surface area contributed by atoms with Crippen molar-refractivity contribution in [1.82, 2.24) is 20.6 Å². The second-order valence-electron chi connectivity index (χ2n) is 3.06. The van der Waals surface area contributed by atoms with E-state index in [1.54, 1.807) is 6.08 Å². The van der Waals surface area contributed by atoms with Crippen molar-refractivity contribution in [2.45, 2.75) is 7.85 Å². The molecule has 0 aliphatic rings. The highest BCUT2D eigenvalue weighted by Crippen LogP contribution is 2.45. The monoisotopic (exact) mass is 570 g/mol. The largest absolute Gasteiger partial charge is 0.509 e. The van der Waals surface area contributed by atoms with Crippen LogP contribution in [0.4, 0.5) is 0 Å². The van der Waals surface area contributed by atoms with Crippen molar-refractivity contribution in [3.05, 3.63) is 40.0 Å². The molecule has 1 rings (SSSR count). The number of allylic oxidation sites excluding steroid dienone is 3. The number of aliphatic hydroxyl groups excluding tert-OH is 1. The minimum atomic E-state index is -0.566. The predicted octanol–water partition coefficient (Wildman–Crippen LogP) is 3.26. The number of alkyl halides is 2. The summed E-state index contributed by atoms with van der Waals surface area (Å²) in [6.45, 7) is 7.55. The Bertz CT molecular complexity index is 453. The van der Waals surface area contributed by atoms with E-state index in [2.05, 4.69) is 102 Å². The highest BCUT2D eigenvalue weighted by molar-refractivity contribution is 14.2. The summed E-state index contributed by atoms with van der Waals surface area (Å²) in [5, 5.41) is 23.8. The van der Waals surface area contributed by atoms with Crippen LogP contribution in [-0.4, -0.2) is 27.2 Å². The number of tetrazole rings is 1. The Labute approximate surface area is 140 Å². The molecule has 2 N–H and O–H groups in total. The molecular formula is C9H9I3N4O. The van der Waals surface area contributed by atoms with Crippen LogP contribution in [0.3, 0.4) is 0 Å². The molecule has 0 spiro atoms. The van der Waals surface area contributed by atoms with Crippen LogP contribution >= 0.6 is 67.8 Å². The molecule has 0 aromatic carbocycles. The molecule has 1 aromatic rings. The Balaban J connectivity index is 3.06. The van der Waals surface area contributed by atoms with Crippen molar-refractivity contribution < 1.29 is 5.11 Å². The number of H-pyrrole nitrogens is 1. The highest BCUT2D eigenvalue weighted by Gasteiger charge is 2.32. The highest BCUT2D eigenvalue weighted by atomic mass is 127. The standard InChI is InChI=1S/C9H9I3N4O/c1-3-6(4-7-13-15-16-14-7)8(17)9(11,12)5(2)10/h3,17H,1-2,4H2,(H,13,14,15,16)/b8-6-. The molecule has 0 radical (unpaired) electrons. The number of nitrogens with one attached hydrogen (secondary N) is 1. The van der Waals surface area contributed by atoms with Gasteiger partial charge in [0.05, 0.1) is 0 Å². The van der Waals surface area contributed by atoms with E-state index in [1.807, 2.05) is 0 Å². The number of nitrogens with zero attached hydrogens (tertiary/aromatic N) is 3. The molecule has 1 aromatic heterocycles. The SMILES string of the molecule is C=C/C(Cc1nn[nH]n1)=C(/O)C(I)(I)C(=C)I. The van der Waals surface area contributed by atoms with Gasteiger partial charge in [-0.2, -0.15) is 5.21 Å². The van der Waals surface area contributed by atoms with Crippen LogP contribution in [0.1, 0.15) is 5.82 Å². The van der Waals surface area contributed by atoms with Crippen LogP contribution in [0.25, 0.3) is 0 Å². The van der Waals surface area contributed by atoms with Crippen LogP contribution in [0.15, 0.2) is 34.1 Å². The minimum Gasteiger partial charge on any atom is -0.509 e. The van der Waals surface area contributed by atoms with Gasteiger partial charge >= 0.3 is 0 Å². The van der Waals surface area contributed by atoms with E-state index in [1.165, 1.54) is 0 Å². The topological polar surface area (TPSA) is 74.7 Å². The van der Waals surface area contributed by atoms with Gasteiger partial charge in [-0.15, -0.1) is 10.2 Å². The Morgan fingerprint density at radius 1 is 1.53 bits per heavy atom. The molecule has 0 saturated carbocycles. The number of halogens is 3. The van der Waals surface area contributed by atoms with E-state index in [0.717, 1.165) is 3.58 Å². The molecular weight excluding hydrogens is 561 g/mol. The van der Waals surface area contributed by atoms with Crippen LogP contribution in [-0.2, 0) is 6.42 Å². The zero-order chi connectivity index (χ0) is 13.1. The maximum Gasteiger partial charge on any atom is 0.179 e. The summed E-state index contributed by atoms with van der Waals surface area (Å²) in [6, 6.07) is 0. The third-order valence-electron chi connectivity index (χ3n) is 1.93. The van der Waals surface area contributed by atoms with Gasteiger partial charge in [0.25, 0.3) is 0 Å². The van der Waals surface area contributed by atoms with Gasteiger partial charge in [-0.05, 0) is 28.2 Å². The first-order valence-electron chi connectivity index (χ1n) is 4.39. The smallest absolute Gasteiger partial charge is 0.179 e. The maximum atomic E-state index is 10.2. The fraction of sp³-hybridized carbons (Fsp3) is 0.222. The summed E-state index contributed by atoms with van der Waals surface area (Å²) in [6.07, 6.45) is 1.97. The molecule has 0 aliphatic carbocycles. The number of aliphatic hydroxyl groups is 1. The van der Waals surface area contributed by atoms with Crippen LogP contribution in [0, 0.1) is 0 Å². The van der Waals surface area contributed by atoms with Crippen molar-refractivity contribution >= 4 is 67.8 Å². The lowest BCUT2D eigenvalue weighted by atomic mass is 10.1. The van der Waals surface area contributed by atoms with E-state index in [-0.39, 0.29) is 5.76 Å². The molecule has 0 atom stereocenters. The van der Waals surface area contributed by atoms with Gasteiger partial charge < -0.3 is 5.11 Å². The lowest BCUT2D eigenvalue weighted by Gasteiger charge is -2.21. The minimum absolute atomic E-state index is 0.206. The predicted molar refractivity (Wildman–Crippen MR) is 91.7 cm³/mol. The first-order valence-corrected chi connectivity index (χ1v) is 7.63. The Kier molecular flexibility index (Phi) is 5.82. The molecule has 0 amide bonds. The Hall–Kier alpha value is 0.280. The second kappa shape index (κ2) is 6.45. The van der Waals surface area contributed by atoms with Crippen LogP contribution in [0.5, 0.6) is 0 Å². The van der Waals surface area contributed by atoms with E-state index in [4.69, 9.17) is 0 Å². The molecule has 0 fully saturated rings. The Morgan fingerprint density at radius 2 is 2.18 bits per heavy atom. The van der Waals surface area contributed by atoms with Gasteiger partial charge in [0.1, 0.15) is 5.76 Å². The average molecular weight is 570 g/mol. The van der Waals surface area contributed by atoms with Gasteiger partial charge in [-0.1, -0.05) is 69.6 Å². The first kappa shape index (κ1) is 15.3. The molecule has 92 valence electrons. The molecule has 8 heteroatoms. The van der Waals surface area contributed by atoms with Gasteiger partial charge in [0.2, 0.25) is 0 Å². The van der Waals surface area contributed by atoms with E-state index in [9.17, 15) is 5.11 Å². The van der Waals surface area contributed by atoms with Crippen molar-refractivity contribution in [2.75, 3.05) is 0 Å². The molecule has 0 aliphatic heterocycles. The number of hydrogen-bond donors (Lipinski definition) is 2. The lowest BCUT2D eigenvalue weighted by molar-refractivity contribution is 0.397. The molecule has 0 saturated heterocycles. The number of hydrogen-bond acceptors (Lipinski definition) is 4. The lowest BCUT2D eigenvalue weighted by Crippen LogP contribution is -2.16. The van der Waals surface area contributed by atoms with E-state index < -0.39 is 1.43 Å². The quantitative estimate of drug-likeness (QED) is 0.247. The molecule has 0 bridgehead atoms. The number of aromatic nitrogens is 4. The number of aromatic amines is 1. The second-order valence-corrected chi connectivity index (χ2v) is 9.66. The van der Waals surface area contributed by atoms with Crippen molar-refractivity contribution in [2.24, 2.45) is 0 Å². The fourth-order valence-electron chi connectivity index (χ4n) is 1.01. The summed E-state index contributed by atoms with van der Waals surface area (Å²) in [5.74, 6) is 0.715. The van der Waals surface area contributed by atoms with Crippen LogP contribution in [0.2, 0.25) is 0 Å². The van der Waals surface area contributed by atoms with Crippen molar-refractivity contribution in [1.29, 1.82) is 0 Å². The first-order chi connectivity index (χ1) is 7.89. The normalized spacial score (nSPS) is 13.1. The molecule has 17 heavy (non-hydrogen) atoms. The third-order valence-corrected chi connectivity index (χ3v) is 7.12. The molecule has 5 nitrogen and oxygen atoms in total. The average Bonchev–Trinajstić information content (AvgIpc) is 2.77. The molecule has 1 heterocycles. The summed E-state index contributed by atoms with van der Waals surface area (Å²) in [7, 11) is 0. The maximum absolute atomic E-state index is 10.2. The zero-order valence-electron chi connectivity index (χ0n) is 8.62. The molecule has 0 unspecified atom stereocenters. The van der Waals surface area contributed by atoms with Gasteiger partial charge in [0.15, 0.2) is 7.25 Å². The Morgan fingerprint density at radius 3 is 2.59 bits per heavy atom. The van der Waals surface area contributed by atoms with Gasteiger partial charge in [0, 0.05) is 10.0 Å².